The first-order chi connectivity index (χ1) is 28.8. The Labute approximate surface area is 364 Å². The zero-order valence-corrected chi connectivity index (χ0v) is 35.3. The van der Waals surface area contributed by atoms with Crippen molar-refractivity contribution >= 4 is 76.9 Å². The van der Waals surface area contributed by atoms with E-state index in [2.05, 4.69) is 54.2 Å². The van der Waals surface area contributed by atoms with Crippen LogP contribution in [-0.2, 0) is 41.9 Å². The number of nitrogen functional groups attached to an aromatic ring is 1. The number of halogens is 12. The Bertz CT molecular complexity index is 2760. The Morgan fingerprint density at radius 3 is 1.14 bits per heavy atom. The van der Waals surface area contributed by atoms with E-state index >= 15 is 0 Å². The summed E-state index contributed by atoms with van der Waals surface area (Å²) < 4.78 is 118. The zero-order chi connectivity index (χ0) is 47.0. The van der Waals surface area contributed by atoms with Crippen molar-refractivity contribution in [2.75, 3.05) is 5.73 Å². The van der Waals surface area contributed by atoms with E-state index < -0.39 is 27.6 Å². The third-order valence-electron chi connectivity index (χ3n) is 7.46. The van der Waals surface area contributed by atoms with E-state index in [-0.39, 0.29) is 32.3 Å². The molecule has 8 rings (SSSR count). The zero-order valence-electron chi connectivity index (χ0n) is 31.8. The number of fused-ring (bicyclic) bond motifs is 6. The second kappa shape index (κ2) is 18.5. The van der Waals surface area contributed by atoms with Crippen molar-refractivity contribution in [1.29, 1.82) is 0 Å². The van der Waals surface area contributed by atoms with Crippen LogP contribution in [0.25, 0.3) is 55.0 Å². The van der Waals surface area contributed by atoms with Crippen molar-refractivity contribution in [2.24, 2.45) is 0 Å². The van der Waals surface area contributed by atoms with Crippen molar-refractivity contribution in [3.05, 3.63) is 139 Å². The second-order valence-corrected chi connectivity index (χ2v) is 16.7. The average Bonchev–Trinajstić information content (AvgIpc) is 3.16. The van der Waals surface area contributed by atoms with E-state index in [1.165, 1.54) is 12.4 Å². The van der Waals surface area contributed by atoms with E-state index in [0.29, 0.717) is 22.5 Å². The van der Waals surface area contributed by atoms with Crippen molar-refractivity contribution in [3.8, 4) is 11.4 Å². The van der Waals surface area contributed by atoms with E-state index in [1.807, 2.05) is 42.5 Å². The number of carbonyl (C=O) groups is 2. The van der Waals surface area contributed by atoms with Gasteiger partial charge >= 0.3 is 97.4 Å². The molecule has 0 fully saturated rings. The molecule has 342 valence electrons. The van der Waals surface area contributed by atoms with Crippen LogP contribution < -0.4 is 5.73 Å². The second-order valence-electron chi connectivity index (χ2n) is 12.8. The third kappa shape index (κ3) is 20.3. The number of hydrogen-bond donors (Lipinski definition) is 3. The molecule has 0 aliphatic heterocycles. The number of anilines is 1. The van der Waals surface area contributed by atoms with Gasteiger partial charge in [0.1, 0.15) is 0 Å². The predicted octanol–water partition coefficient (Wildman–Crippen LogP) is 13.3. The molecular weight excluding hydrogens is 1010 g/mol. The average molecular weight is 1040 g/mol. The van der Waals surface area contributed by atoms with Gasteiger partial charge in [0.15, 0.2) is 0 Å². The van der Waals surface area contributed by atoms with Crippen LogP contribution in [0.15, 0.2) is 128 Å². The van der Waals surface area contributed by atoms with Gasteiger partial charge in [0.05, 0.1) is 46.3 Å². The minimum Gasteiger partial charge on any atom is -0.481 e. The first-order valence-electron chi connectivity index (χ1n) is 17.2. The summed E-state index contributed by atoms with van der Waals surface area (Å²) in [5, 5.41) is 21.6. The summed E-state index contributed by atoms with van der Waals surface area (Å²) in [6.45, 7) is 0. The van der Waals surface area contributed by atoms with Gasteiger partial charge in [0, 0.05) is 64.4 Å². The molecular formula is C38H29F12N7O4P2Ru. The third-order valence-corrected chi connectivity index (χ3v) is 7.46. The first kappa shape index (κ1) is 52.1. The number of aromatic nitrogens is 6. The van der Waals surface area contributed by atoms with Crippen molar-refractivity contribution in [3.63, 3.8) is 0 Å². The van der Waals surface area contributed by atoms with Gasteiger partial charge in [-0.1, -0.05) is 42.5 Å². The summed E-state index contributed by atoms with van der Waals surface area (Å²) in [5.41, 5.74) is 12.9. The Hall–Kier alpha value is -6.24. The molecule has 0 radical (unpaired) electrons. The molecule has 0 aliphatic carbocycles. The summed E-state index contributed by atoms with van der Waals surface area (Å²) in [6.07, 6.45) is 9.98. The van der Waals surface area contributed by atoms with E-state index in [9.17, 15) is 60.0 Å². The largest absolute Gasteiger partial charge is 2.00 e. The van der Waals surface area contributed by atoms with Crippen LogP contribution >= 0.6 is 15.6 Å². The molecule has 0 unspecified atom stereocenters. The normalized spacial score (nSPS) is 13.2. The van der Waals surface area contributed by atoms with Crippen LogP contribution in [-0.4, -0.2) is 52.1 Å². The predicted molar refractivity (Wildman–Crippen MR) is 216 cm³/mol. The quantitative estimate of drug-likeness (QED) is 0.0491. The molecule has 6 aromatic heterocycles. The van der Waals surface area contributed by atoms with Crippen molar-refractivity contribution in [1.82, 2.24) is 29.9 Å². The number of hydrogen-bond acceptors (Lipinski definition) is 9. The number of nitrogens with two attached hydrogens (primary N) is 1. The molecule has 0 aliphatic rings. The van der Waals surface area contributed by atoms with E-state index in [4.69, 9.17) is 15.9 Å². The minimum absolute atomic E-state index is 0. The number of benzene rings is 2. The maximum absolute atomic E-state index is 10.7. The Kier molecular flexibility index (Phi) is 15.0. The van der Waals surface area contributed by atoms with Gasteiger partial charge in [-0.3, -0.25) is 39.5 Å². The summed E-state index contributed by atoms with van der Waals surface area (Å²) >= 11 is 0. The number of pyridine rings is 6. The van der Waals surface area contributed by atoms with Gasteiger partial charge in [-0.05, 0) is 59.7 Å². The Morgan fingerprint density at radius 2 is 0.797 bits per heavy atom. The Morgan fingerprint density at radius 1 is 0.469 bits per heavy atom. The molecule has 0 bridgehead atoms. The SMILES string of the molecule is F[P-](F)(F)(F)(F)F.F[P-](F)(F)(F)(F)F.Nc1cc2cccnc2c2ncccc12.O=C(O)Cc1ccc(-c2ccc(CC(=O)O)cn2)nc1.[Ru+2].c1cnc2c(c1)ccc1cccnc12. The molecule has 0 atom stereocenters. The van der Waals surface area contributed by atoms with Gasteiger partial charge in [0.2, 0.25) is 0 Å². The number of rotatable bonds is 5. The van der Waals surface area contributed by atoms with Gasteiger partial charge in [0.25, 0.3) is 0 Å². The maximum atomic E-state index is 10.6. The summed E-state index contributed by atoms with van der Waals surface area (Å²) in [4.78, 5) is 46.8. The number of carboxylic acids is 2. The van der Waals surface area contributed by atoms with Gasteiger partial charge in [-0.15, -0.1) is 0 Å². The van der Waals surface area contributed by atoms with Gasteiger partial charge in [-0.25, -0.2) is 0 Å². The molecule has 2 aromatic carbocycles. The maximum Gasteiger partial charge on any atom is 2.00 e. The van der Waals surface area contributed by atoms with Crippen LogP contribution in [0, 0.1) is 0 Å². The monoisotopic (exact) mass is 1040 g/mol. The molecule has 4 N–H and O–H groups in total. The Balaban J connectivity index is 0.000000224. The molecule has 0 spiro atoms. The summed E-state index contributed by atoms with van der Waals surface area (Å²) in [5.74, 6) is -1.81. The van der Waals surface area contributed by atoms with Crippen LogP contribution in [0.5, 0.6) is 0 Å². The fourth-order valence-corrected chi connectivity index (χ4v) is 5.19. The molecule has 11 nitrogen and oxygen atoms in total. The summed E-state index contributed by atoms with van der Waals surface area (Å²) in [6, 6.07) is 28.6. The van der Waals surface area contributed by atoms with Gasteiger partial charge < -0.3 is 15.9 Å². The van der Waals surface area contributed by atoms with Crippen LogP contribution in [0.1, 0.15) is 11.1 Å². The number of nitrogens with zero attached hydrogens (tertiary/aromatic N) is 6. The number of aliphatic carboxylic acids is 2. The van der Waals surface area contributed by atoms with Crippen LogP contribution in [0.2, 0.25) is 0 Å². The minimum atomic E-state index is -10.7. The molecule has 6 heterocycles. The van der Waals surface area contributed by atoms with Crippen LogP contribution in [0.4, 0.5) is 56.1 Å². The standard InChI is InChI=1S/C14H12N2O4.C12H9N3.C12H8N2.2F6P.Ru/c17-13(18)5-9-1-3-11(15-7-9)12-4-2-10(8-16-12)6-14(19)20;13-10-7-8-3-1-5-14-11(8)12-9(10)4-2-6-15-12;1-3-9-5-6-10-4-2-8-14-12(10)11(9)13-7-1;2*1-7(2,3,4,5)6;/h1-4,7-8H,5-6H2,(H,17,18)(H,19,20);1-7H,13H2;1-8H;;;/q;;;2*-1;+2. The van der Waals surface area contributed by atoms with Gasteiger partial charge in [-0.2, -0.15) is 0 Å². The fraction of sp³-hybridized carbons (Fsp3) is 0.0526. The molecule has 0 saturated heterocycles. The number of carboxylic acid groups (broad SMARTS) is 2. The van der Waals surface area contributed by atoms with Crippen molar-refractivity contribution in [2.45, 2.75) is 12.8 Å². The molecule has 8 aromatic rings. The first-order valence-corrected chi connectivity index (χ1v) is 21.2. The van der Waals surface area contributed by atoms with Crippen LogP contribution in [0.3, 0.4) is 0 Å². The van der Waals surface area contributed by atoms with E-state index in [0.717, 1.165) is 49.3 Å². The fourth-order valence-electron chi connectivity index (χ4n) is 5.19. The van der Waals surface area contributed by atoms with Crippen molar-refractivity contribution < 1.29 is 89.6 Å². The molecule has 26 heteroatoms. The topological polar surface area (TPSA) is 178 Å². The van der Waals surface area contributed by atoms with E-state index in [1.54, 1.807) is 49.1 Å². The molecule has 64 heavy (non-hydrogen) atoms. The molecule has 0 amide bonds. The molecule has 0 saturated carbocycles. The smallest absolute Gasteiger partial charge is 0.481 e. The summed E-state index contributed by atoms with van der Waals surface area (Å²) in [7, 11) is -21.3.